The van der Waals surface area contributed by atoms with Gasteiger partial charge in [0.2, 0.25) is 24.0 Å². The van der Waals surface area contributed by atoms with E-state index >= 15 is 0 Å². The number of hydrogen-bond donors (Lipinski definition) is 4. The molecule has 12 nitrogen and oxygen atoms in total. The average Bonchev–Trinajstić information content (AvgIpc) is 3.53. The summed E-state index contributed by atoms with van der Waals surface area (Å²) in [5.41, 5.74) is -1.69. The van der Waals surface area contributed by atoms with Gasteiger partial charge < -0.3 is 26.2 Å². The number of urea groups is 1. The van der Waals surface area contributed by atoms with Gasteiger partial charge in [0.15, 0.2) is 9.84 Å². The highest BCUT2D eigenvalue weighted by molar-refractivity contribution is 7.92. The predicted molar refractivity (Wildman–Crippen MR) is 200 cm³/mol. The van der Waals surface area contributed by atoms with Gasteiger partial charge in [0.25, 0.3) is 5.91 Å². The fourth-order valence-corrected chi connectivity index (χ4v) is 9.47. The first-order valence-corrected chi connectivity index (χ1v) is 20.9. The number of amides is 5. The molecule has 1 saturated heterocycles. The molecule has 0 radical (unpaired) electrons. The number of carbonyl (C=O) groups excluding carboxylic acids is 5. The molecule has 3 aliphatic rings. The number of sulfone groups is 1. The van der Waals surface area contributed by atoms with Crippen molar-refractivity contribution < 1.29 is 41.2 Å². The Morgan fingerprint density at radius 1 is 0.925 bits per heavy atom. The first-order chi connectivity index (χ1) is 24.6. The molecular formula is C38H63F2N5O7S. The van der Waals surface area contributed by atoms with Crippen molar-refractivity contribution in [3.63, 3.8) is 0 Å². The molecule has 3 fully saturated rings. The molecule has 1 unspecified atom stereocenters. The highest BCUT2D eigenvalue weighted by atomic mass is 32.2. The maximum Gasteiger partial charge on any atom is 0.315 e. The Morgan fingerprint density at radius 3 is 2.04 bits per heavy atom. The third-order valence-corrected chi connectivity index (χ3v) is 14.4. The van der Waals surface area contributed by atoms with Gasteiger partial charge in [0, 0.05) is 19.5 Å². The van der Waals surface area contributed by atoms with Crippen molar-refractivity contribution in [2.24, 2.45) is 17.3 Å². The molecule has 53 heavy (non-hydrogen) atoms. The van der Waals surface area contributed by atoms with Crippen LogP contribution in [-0.2, 0) is 29.0 Å². The molecule has 1 heterocycles. The molecule has 1 aliphatic heterocycles. The topological polar surface area (TPSA) is 171 Å². The van der Waals surface area contributed by atoms with Crippen molar-refractivity contribution in [3.8, 4) is 0 Å². The van der Waals surface area contributed by atoms with E-state index in [0.29, 0.717) is 25.7 Å². The van der Waals surface area contributed by atoms with Crippen molar-refractivity contribution in [3.05, 3.63) is 12.7 Å². The molecule has 15 heteroatoms. The van der Waals surface area contributed by atoms with Crippen LogP contribution < -0.4 is 21.3 Å². The maximum atomic E-state index is 14.8. The second kappa shape index (κ2) is 18.5. The van der Waals surface area contributed by atoms with Crippen molar-refractivity contribution in [1.82, 2.24) is 26.2 Å². The van der Waals surface area contributed by atoms with Crippen LogP contribution >= 0.6 is 0 Å². The minimum atomic E-state index is -3.62. The molecule has 302 valence electrons. The van der Waals surface area contributed by atoms with Crippen LogP contribution in [-0.4, -0.2) is 96.5 Å². The lowest BCUT2D eigenvalue weighted by Gasteiger charge is -2.44. The van der Waals surface area contributed by atoms with Crippen LogP contribution in [0.2, 0.25) is 0 Å². The van der Waals surface area contributed by atoms with E-state index in [-0.39, 0.29) is 37.1 Å². The third kappa shape index (κ3) is 11.7. The van der Waals surface area contributed by atoms with Crippen molar-refractivity contribution in [2.45, 2.75) is 160 Å². The summed E-state index contributed by atoms with van der Waals surface area (Å²) in [5.74, 6) is -3.64. The van der Waals surface area contributed by atoms with E-state index in [0.717, 1.165) is 38.5 Å². The monoisotopic (exact) mass is 771 g/mol. The number of likely N-dealkylation sites (tertiary alicyclic amines) is 1. The Kier molecular flexibility index (Phi) is 15.5. The lowest BCUT2D eigenvalue weighted by atomic mass is 9.70. The van der Waals surface area contributed by atoms with E-state index in [9.17, 15) is 41.2 Å². The predicted octanol–water partition coefficient (Wildman–Crippen LogP) is 4.82. The van der Waals surface area contributed by atoms with Crippen LogP contribution in [0.5, 0.6) is 0 Å². The molecule has 0 spiro atoms. The second-order valence-electron chi connectivity index (χ2n) is 17.1. The summed E-state index contributed by atoms with van der Waals surface area (Å²) in [4.78, 5) is 69.8. The van der Waals surface area contributed by atoms with E-state index in [1.807, 2.05) is 20.8 Å². The number of nitrogens with one attached hydrogen (secondary N) is 4. The van der Waals surface area contributed by atoms with Crippen LogP contribution in [0, 0.1) is 17.3 Å². The van der Waals surface area contributed by atoms with Crippen molar-refractivity contribution >= 4 is 39.4 Å². The smallest absolute Gasteiger partial charge is 0.315 e. The fourth-order valence-electron chi connectivity index (χ4n) is 7.95. The number of alkyl halides is 2. The Labute approximate surface area is 314 Å². The highest BCUT2D eigenvalue weighted by Gasteiger charge is 2.50. The quantitative estimate of drug-likeness (QED) is 0.129. The van der Waals surface area contributed by atoms with Gasteiger partial charge >= 0.3 is 6.03 Å². The lowest BCUT2D eigenvalue weighted by molar-refractivity contribution is -0.144. The van der Waals surface area contributed by atoms with E-state index in [1.54, 1.807) is 20.8 Å². The summed E-state index contributed by atoms with van der Waals surface area (Å²) >= 11 is 0. The number of rotatable bonds is 16. The molecule has 5 amide bonds. The number of hydrogen-bond acceptors (Lipinski definition) is 7. The molecule has 2 aliphatic carbocycles. The van der Waals surface area contributed by atoms with Gasteiger partial charge in [-0.1, -0.05) is 65.4 Å². The first kappa shape index (κ1) is 44.3. The fraction of sp³-hybridized carbons (Fsp3) is 0.816. The first-order valence-electron chi connectivity index (χ1n) is 19.3. The molecule has 4 N–H and O–H groups in total. The van der Waals surface area contributed by atoms with E-state index in [4.69, 9.17) is 0 Å². The number of ketones is 1. The van der Waals surface area contributed by atoms with Crippen molar-refractivity contribution in [1.29, 1.82) is 0 Å². The van der Waals surface area contributed by atoms with Gasteiger partial charge in [0.1, 0.15) is 12.1 Å². The molecule has 2 saturated carbocycles. The molecule has 0 aromatic rings. The van der Waals surface area contributed by atoms with Crippen LogP contribution in [0.4, 0.5) is 13.6 Å². The van der Waals surface area contributed by atoms with E-state index < -0.39 is 92.5 Å². The minimum Gasteiger partial charge on any atom is -0.346 e. The Bertz CT molecular complexity index is 1440. The van der Waals surface area contributed by atoms with Crippen LogP contribution in [0.3, 0.4) is 0 Å². The van der Waals surface area contributed by atoms with Gasteiger partial charge in [-0.25, -0.2) is 22.0 Å². The van der Waals surface area contributed by atoms with Crippen LogP contribution in [0.25, 0.3) is 0 Å². The van der Waals surface area contributed by atoms with Gasteiger partial charge in [0.05, 0.1) is 22.1 Å². The molecule has 3 rings (SSSR count). The zero-order valence-corrected chi connectivity index (χ0v) is 33.3. The largest absolute Gasteiger partial charge is 0.346 e. The standard InChI is InChI=1S/C38H63F2N5O7S/c1-8-21-41-33(48)30(46)27(15-16-29(39)40)42-32(47)28-22-26(25(2)3)23-45(28)34(49)31(37(7)17-11-9-12-18-37)43-35(50)44-38(19-13-10-14-20-38)24-53(51,52)36(4,5)6/h8,25-29,31H,1,9-24H2,2-7H3,(H,41,48)(H,42,47)(H2,43,44,50)/t26-,27?,28+,31-/m1/s1. The van der Waals surface area contributed by atoms with E-state index in [2.05, 4.69) is 27.8 Å². The lowest BCUT2D eigenvalue weighted by Crippen LogP contribution is -2.64. The maximum absolute atomic E-state index is 14.8. The highest BCUT2D eigenvalue weighted by Crippen LogP contribution is 2.41. The Hall–Kier alpha value is -3.10. The van der Waals surface area contributed by atoms with Gasteiger partial charge in [-0.3, -0.25) is 19.2 Å². The summed E-state index contributed by atoms with van der Waals surface area (Å²) in [7, 11) is -3.62. The van der Waals surface area contributed by atoms with Crippen LogP contribution in [0.15, 0.2) is 12.7 Å². The summed E-state index contributed by atoms with van der Waals surface area (Å²) in [6.45, 7) is 14.4. The normalized spacial score (nSPS) is 22.8. The average molecular weight is 772 g/mol. The molecule has 0 aromatic carbocycles. The van der Waals surface area contributed by atoms with Gasteiger partial charge in [-0.2, -0.15) is 0 Å². The summed E-state index contributed by atoms with van der Waals surface area (Å²) in [6, 6.07) is -4.34. The van der Waals surface area contributed by atoms with Crippen LogP contribution in [0.1, 0.15) is 125 Å². The molecule has 0 bridgehead atoms. The number of carbonyl (C=O) groups is 5. The minimum absolute atomic E-state index is 0.0324. The SMILES string of the molecule is C=CCNC(=O)C(=O)C(CCC(F)F)NC(=O)[C@@H]1C[C@@H](C(C)C)CN1C(=O)[C@@H](NC(=O)NC1(CS(=O)(=O)C(C)(C)C)CCCCC1)C1(C)CCCCC1. The third-order valence-electron chi connectivity index (χ3n) is 11.6. The van der Waals surface area contributed by atoms with Crippen molar-refractivity contribution in [2.75, 3.05) is 18.8 Å². The summed E-state index contributed by atoms with van der Waals surface area (Å²) < 4.78 is 52.3. The van der Waals surface area contributed by atoms with Gasteiger partial charge in [-0.05, 0) is 76.5 Å². The Balaban J connectivity index is 1.95. The molecular weight excluding hydrogens is 709 g/mol. The van der Waals surface area contributed by atoms with Gasteiger partial charge in [-0.15, -0.1) is 6.58 Å². The molecule has 0 aromatic heterocycles. The Morgan fingerprint density at radius 2 is 1.51 bits per heavy atom. The van der Waals surface area contributed by atoms with E-state index in [1.165, 1.54) is 11.0 Å². The number of halogens is 2. The number of nitrogens with zero attached hydrogens (tertiary/aromatic N) is 1. The summed E-state index contributed by atoms with van der Waals surface area (Å²) in [6.07, 6.45) is 4.88. The zero-order chi connectivity index (χ0) is 39.8. The second-order valence-corrected chi connectivity index (χ2v) is 19.8. The number of Topliss-reactive ketones (excluding diaryl/α,β-unsaturated/α-hetero) is 1. The zero-order valence-electron chi connectivity index (χ0n) is 32.5. The summed E-state index contributed by atoms with van der Waals surface area (Å²) in [5, 5.41) is 10.8. The molecule has 4 atom stereocenters.